The minimum absolute atomic E-state index is 0. The number of hydrogen-bond donors (Lipinski definition) is 1. The van der Waals surface area contributed by atoms with Crippen LogP contribution in [0.4, 0.5) is 0 Å². The van der Waals surface area contributed by atoms with Gasteiger partial charge in [0.2, 0.25) is 0 Å². The number of rotatable bonds is 1. The lowest BCUT2D eigenvalue weighted by Crippen LogP contribution is -2.34. The monoisotopic (exact) mass is 107 g/mol. The van der Waals surface area contributed by atoms with E-state index >= 15 is 0 Å². The van der Waals surface area contributed by atoms with Crippen molar-refractivity contribution in [2.24, 2.45) is 0 Å². The summed E-state index contributed by atoms with van der Waals surface area (Å²) in [5.41, 5.74) is 0. The first kappa shape index (κ1) is 9.99. The number of nitrogens with zero attached hydrogens (tertiary/aromatic N) is 1. The average Bonchev–Trinajstić information content (AvgIpc) is 1.35. The molecule has 3 heteroatoms. The lowest BCUT2D eigenvalue weighted by atomic mass is 10.7. The SMILES string of the molecule is C[N+](C)(C)CO.[OH-]. The fourth-order valence-corrected chi connectivity index (χ4v) is 0. The van der Waals surface area contributed by atoms with Gasteiger partial charge in [-0.2, -0.15) is 0 Å². The van der Waals surface area contributed by atoms with Gasteiger partial charge >= 0.3 is 0 Å². The number of quaternary nitrogens is 1. The van der Waals surface area contributed by atoms with Crippen LogP contribution in [0.25, 0.3) is 0 Å². The molecule has 0 spiro atoms. The highest BCUT2D eigenvalue weighted by atomic mass is 16.3. The maximum Gasteiger partial charge on any atom is 0.179 e. The smallest absolute Gasteiger partial charge is 0.179 e. The Kier molecular flexibility index (Phi) is 4.22. The Balaban J connectivity index is 0. The van der Waals surface area contributed by atoms with Crippen molar-refractivity contribution in [1.29, 1.82) is 0 Å². The van der Waals surface area contributed by atoms with E-state index in [0.717, 1.165) is 0 Å². The molecular weight excluding hydrogens is 94.0 g/mol. The topological polar surface area (TPSA) is 50.2 Å². The van der Waals surface area contributed by atoms with Gasteiger partial charge in [-0.25, -0.2) is 0 Å². The molecule has 0 aromatic heterocycles. The second-order valence-electron chi connectivity index (χ2n) is 2.43. The van der Waals surface area contributed by atoms with Gasteiger partial charge in [0.15, 0.2) is 6.73 Å². The van der Waals surface area contributed by atoms with E-state index in [-0.39, 0.29) is 12.2 Å². The highest BCUT2D eigenvalue weighted by molar-refractivity contribution is 3.94. The largest absolute Gasteiger partial charge is 0.870 e. The first-order chi connectivity index (χ1) is 2.56. The molecule has 3 nitrogen and oxygen atoms in total. The summed E-state index contributed by atoms with van der Waals surface area (Å²) >= 11 is 0. The first-order valence-electron chi connectivity index (χ1n) is 1.97. The third-order valence-corrected chi connectivity index (χ3v) is 0.424. The van der Waals surface area contributed by atoms with E-state index in [2.05, 4.69) is 0 Å². The van der Waals surface area contributed by atoms with Crippen LogP contribution < -0.4 is 0 Å². The standard InChI is InChI=1S/C4H12NO.H2O/c1-5(2,3)4-6;/h6H,4H2,1-3H3;1H2/q+1;/p-1. The zero-order valence-corrected chi connectivity index (χ0v) is 5.05. The summed E-state index contributed by atoms with van der Waals surface area (Å²) in [5.74, 6) is 0. The quantitative estimate of drug-likeness (QED) is 0.361. The minimum Gasteiger partial charge on any atom is -0.870 e. The molecule has 0 rings (SSSR count). The molecule has 0 amide bonds. The Bertz CT molecular complexity index is 39.4. The summed E-state index contributed by atoms with van der Waals surface area (Å²) in [7, 11) is 5.79. The summed E-state index contributed by atoms with van der Waals surface area (Å²) in [6, 6.07) is 0. The van der Waals surface area contributed by atoms with Crippen molar-refractivity contribution in [3.63, 3.8) is 0 Å². The number of aliphatic hydroxyl groups excluding tert-OH is 1. The molecule has 0 atom stereocenters. The van der Waals surface area contributed by atoms with Gasteiger partial charge in [-0.1, -0.05) is 0 Å². The Hall–Kier alpha value is -0.120. The van der Waals surface area contributed by atoms with Crippen LogP contribution in [0.5, 0.6) is 0 Å². The predicted octanol–water partition coefficient (Wildman–Crippen LogP) is -0.534. The second kappa shape index (κ2) is 2.96. The van der Waals surface area contributed by atoms with Crippen molar-refractivity contribution in [2.75, 3.05) is 27.9 Å². The van der Waals surface area contributed by atoms with Crippen LogP contribution in [-0.4, -0.2) is 42.9 Å². The first-order valence-corrected chi connectivity index (χ1v) is 1.97. The zero-order valence-electron chi connectivity index (χ0n) is 5.05. The summed E-state index contributed by atoms with van der Waals surface area (Å²) in [4.78, 5) is 0. The summed E-state index contributed by atoms with van der Waals surface area (Å²) < 4.78 is 0.625. The van der Waals surface area contributed by atoms with Crippen molar-refractivity contribution < 1.29 is 15.1 Å². The second-order valence-corrected chi connectivity index (χ2v) is 2.43. The van der Waals surface area contributed by atoms with Crippen molar-refractivity contribution in [3.05, 3.63) is 0 Å². The van der Waals surface area contributed by atoms with Crippen LogP contribution in [0.15, 0.2) is 0 Å². The molecule has 0 aliphatic heterocycles. The highest BCUT2D eigenvalue weighted by Gasteiger charge is 1.99. The van der Waals surface area contributed by atoms with Crippen molar-refractivity contribution in [3.8, 4) is 0 Å². The molecule has 0 saturated carbocycles. The zero-order chi connectivity index (χ0) is 5.21. The normalized spacial score (nSPS) is 10.3. The van der Waals surface area contributed by atoms with Crippen molar-refractivity contribution >= 4 is 0 Å². The van der Waals surface area contributed by atoms with Gasteiger partial charge in [-0.15, -0.1) is 0 Å². The summed E-state index contributed by atoms with van der Waals surface area (Å²) in [5, 5.41) is 8.38. The molecule has 0 aromatic rings. The molecule has 0 aliphatic carbocycles. The van der Waals surface area contributed by atoms with Crippen LogP contribution in [0.1, 0.15) is 0 Å². The molecule has 0 aromatic carbocycles. The molecule has 46 valence electrons. The van der Waals surface area contributed by atoms with Gasteiger partial charge in [0.1, 0.15) is 0 Å². The number of aliphatic hydroxyl groups is 1. The van der Waals surface area contributed by atoms with E-state index in [1.165, 1.54) is 0 Å². The van der Waals surface area contributed by atoms with E-state index < -0.39 is 0 Å². The molecule has 0 unspecified atom stereocenters. The van der Waals surface area contributed by atoms with E-state index in [0.29, 0.717) is 4.48 Å². The van der Waals surface area contributed by atoms with Gasteiger partial charge in [0, 0.05) is 0 Å². The average molecular weight is 107 g/mol. The fraction of sp³-hybridized carbons (Fsp3) is 1.00. The maximum absolute atomic E-state index is 8.38. The van der Waals surface area contributed by atoms with Gasteiger partial charge in [-0.3, -0.25) is 0 Å². The number of hydrogen-bond acceptors (Lipinski definition) is 2. The summed E-state index contributed by atoms with van der Waals surface area (Å²) in [6.07, 6.45) is 0. The Morgan fingerprint density at radius 2 is 1.43 bits per heavy atom. The third kappa shape index (κ3) is 10.7. The molecule has 0 radical (unpaired) electrons. The van der Waals surface area contributed by atoms with E-state index in [9.17, 15) is 0 Å². The van der Waals surface area contributed by atoms with Crippen molar-refractivity contribution in [1.82, 2.24) is 0 Å². The molecule has 0 saturated heterocycles. The van der Waals surface area contributed by atoms with E-state index in [1.807, 2.05) is 21.1 Å². The van der Waals surface area contributed by atoms with Crippen LogP contribution in [0.2, 0.25) is 0 Å². The van der Waals surface area contributed by atoms with Crippen molar-refractivity contribution in [2.45, 2.75) is 0 Å². The van der Waals surface area contributed by atoms with Gasteiger partial charge in [0.25, 0.3) is 0 Å². The Morgan fingerprint density at radius 3 is 1.43 bits per heavy atom. The third-order valence-electron chi connectivity index (χ3n) is 0.424. The van der Waals surface area contributed by atoms with Gasteiger partial charge in [0.05, 0.1) is 21.1 Å². The van der Waals surface area contributed by atoms with E-state index in [1.54, 1.807) is 0 Å². The molecule has 0 fully saturated rings. The lowest BCUT2D eigenvalue weighted by molar-refractivity contribution is -0.889. The van der Waals surface area contributed by atoms with Gasteiger partial charge < -0.3 is 15.1 Å². The van der Waals surface area contributed by atoms with Crippen LogP contribution in [0.3, 0.4) is 0 Å². The summed E-state index contributed by atoms with van der Waals surface area (Å²) in [6.45, 7) is 0.208. The lowest BCUT2D eigenvalue weighted by Gasteiger charge is -2.19. The molecular formula is C4H13NO2. The fourth-order valence-electron chi connectivity index (χ4n) is 0. The minimum atomic E-state index is 0. The maximum atomic E-state index is 8.38. The molecule has 0 aliphatic rings. The Morgan fingerprint density at radius 1 is 1.29 bits per heavy atom. The van der Waals surface area contributed by atoms with Gasteiger partial charge in [-0.05, 0) is 0 Å². The molecule has 7 heavy (non-hydrogen) atoms. The molecule has 2 N–H and O–H groups in total. The highest BCUT2D eigenvalue weighted by Crippen LogP contribution is 1.81. The molecule has 0 heterocycles. The molecule has 0 bridgehead atoms. The van der Waals surface area contributed by atoms with E-state index in [4.69, 9.17) is 5.11 Å². The Labute approximate surface area is 44.1 Å². The van der Waals surface area contributed by atoms with Crippen LogP contribution in [0, 0.1) is 0 Å². The predicted molar refractivity (Wildman–Crippen MR) is 27.1 cm³/mol. The van der Waals surface area contributed by atoms with Crippen LogP contribution in [-0.2, 0) is 0 Å². The van der Waals surface area contributed by atoms with Crippen LogP contribution >= 0.6 is 0 Å².